The fraction of sp³-hybridized carbons (Fsp3) is 0.536. The summed E-state index contributed by atoms with van der Waals surface area (Å²) < 4.78 is 13.9. The highest BCUT2D eigenvalue weighted by molar-refractivity contribution is 5.85. The molecule has 0 aliphatic carbocycles. The van der Waals surface area contributed by atoms with E-state index in [-0.39, 0.29) is 59.8 Å². The Kier molecular flexibility index (Phi) is 10.6. The molecule has 0 unspecified atom stereocenters. The number of phenols is 1. The number of likely N-dealkylation sites (tertiary alicyclic amines) is 1. The van der Waals surface area contributed by atoms with Gasteiger partial charge in [-0.05, 0) is 77.6 Å². The van der Waals surface area contributed by atoms with E-state index >= 15 is 0 Å². The standard InChI is InChI=1S/C28H38FN3O2.2ClH/c1-18(2)26(31-27(34)25-13-20-8-9-24(33)12-21(20)15-30-25)17-32-11-10-28(4,19(3)16-32)22-6-5-7-23(29)14-22;;/h5-9,12,14,18-19,25-26,30,33H,10-11,13,15-17H2,1-4H3,(H,31,34);2*1H/t19-,25+,26+,28+;;/m0../s1. The number of rotatable bonds is 6. The Labute approximate surface area is 227 Å². The SMILES string of the molecule is CC(C)[C@@H](CN1CC[C@@](C)(c2cccc(F)c2)[C@@H](C)C1)NC(=O)[C@H]1Cc2ccc(O)cc2CN1.Cl.Cl. The van der Waals surface area contributed by atoms with Gasteiger partial charge in [0.2, 0.25) is 5.91 Å². The van der Waals surface area contributed by atoms with E-state index in [1.807, 2.05) is 12.1 Å². The van der Waals surface area contributed by atoms with Gasteiger partial charge in [-0.2, -0.15) is 0 Å². The van der Waals surface area contributed by atoms with Gasteiger partial charge in [0.05, 0.1) is 6.04 Å². The van der Waals surface area contributed by atoms with Crippen LogP contribution in [0.15, 0.2) is 42.5 Å². The Morgan fingerprint density at radius 3 is 2.64 bits per heavy atom. The number of phenolic OH excluding ortho intramolecular Hbond substituents is 1. The van der Waals surface area contributed by atoms with Crippen molar-refractivity contribution in [1.82, 2.24) is 15.5 Å². The van der Waals surface area contributed by atoms with Crippen molar-refractivity contribution >= 4 is 30.7 Å². The number of carbonyl (C=O) groups excluding carboxylic acids is 1. The Hall–Kier alpha value is -1.86. The molecular formula is C28H40Cl2FN3O2. The van der Waals surface area contributed by atoms with E-state index in [0.29, 0.717) is 24.8 Å². The predicted molar refractivity (Wildman–Crippen MR) is 148 cm³/mol. The molecule has 1 saturated heterocycles. The largest absolute Gasteiger partial charge is 0.508 e. The van der Waals surface area contributed by atoms with E-state index in [0.717, 1.165) is 42.7 Å². The zero-order chi connectivity index (χ0) is 24.5. The van der Waals surface area contributed by atoms with Gasteiger partial charge in [-0.25, -0.2) is 4.39 Å². The van der Waals surface area contributed by atoms with Crippen LogP contribution < -0.4 is 10.6 Å². The molecule has 5 nitrogen and oxygen atoms in total. The molecule has 1 amide bonds. The van der Waals surface area contributed by atoms with Crippen molar-refractivity contribution in [1.29, 1.82) is 0 Å². The van der Waals surface area contributed by atoms with Gasteiger partial charge in [0, 0.05) is 25.7 Å². The quantitative estimate of drug-likeness (QED) is 0.491. The lowest BCUT2D eigenvalue weighted by atomic mass is 9.68. The third-order valence-corrected chi connectivity index (χ3v) is 8.11. The van der Waals surface area contributed by atoms with Crippen LogP contribution in [0, 0.1) is 17.7 Å². The van der Waals surface area contributed by atoms with Crippen molar-refractivity contribution < 1.29 is 14.3 Å². The fourth-order valence-corrected chi connectivity index (χ4v) is 5.43. The number of amides is 1. The van der Waals surface area contributed by atoms with Crippen LogP contribution in [0.25, 0.3) is 0 Å². The normalized spacial score (nSPS) is 24.7. The zero-order valence-corrected chi connectivity index (χ0v) is 23.2. The summed E-state index contributed by atoms with van der Waals surface area (Å²) in [6.07, 6.45) is 1.59. The minimum absolute atomic E-state index is 0. The molecule has 4 rings (SSSR count). The molecule has 2 aliphatic heterocycles. The summed E-state index contributed by atoms with van der Waals surface area (Å²) in [6.45, 7) is 12.0. The van der Waals surface area contributed by atoms with Crippen molar-refractivity contribution in [3.05, 3.63) is 65.0 Å². The van der Waals surface area contributed by atoms with Crippen LogP contribution in [0.3, 0.4) is 0 Å². The van der Waals surface area contributed by atoms with Gasteiger partial charge in [-0.3, -0.25) is 4.79 Å². The smallest absolute Gasteiger partial charge is 0.237 e. The van der Waals surface area contributed by atoms with Gasteiger partial charge in [-0.15, -0.1) is 24.8 Å². The molecule has 36 heavy (non-hydrogen) atoms. The summed E-state index contributed by atoms with van der Waals surface area (Å²) in [5.74, 6) is 0.800. The molecule has 0 bridgehead atoms. The number of halogens is 3. The second-order valence-corrected chi connectivity index (χ2v) is 10.8. The van der Waals surface area contributed by atoms with Crippen molar-refractivity contribution in [3.63, 3.8) is 0 Å². The summed E-state index contributed by atoms with van der Waals surface area (Å²) >= 11 is 0. The monoisotopic (exact) mass is 539 g/mol. The second kappa shape index (κ2) is 12.6. The number of hydrogen-bond donors (Lipinski definition) is 3. The summed E-state index contributed by atoms with van der Waals surface area (Å²) in [6, 6.07) is 12.2. The van der Waals surface area contributed by atoms with Crippen molar-refractivity contribution in [2.45, 2.75) is 64.6 Å². The molecule has 4 atom stereocenters. The topological polar surface area (TPSA) is 64.6 Å². The molecule has 0 spiro atoms. The number of benzene rings is 2. The molecule has 200 valence electrons. The molecule has 0 saturated carbocycles. The van der Waals surface area contributed by atoms with E-state index in [1.165, 1.54) is 6.07 Å². The molecule has 2 heterocycles. The molecule has 2 aromatic carbocycles. The summed E-state index contributed by atoms with van der Waals surface area (Å²) in [5, 5.41) is 16.3. The van der Waals surface area contributed by atoms with Crippen LogP contribution >= 0.6 is 24.8 Å². The van der Waals surface area contributed by atoms with Crippen LogP contribution in [-0.4, -0.2) is 47.6 Å². The first-order valence-corrected chi connectivity index (χ1v) is 12.5. The Balaban J connectivity index is 0.00000228. The van der Waals surface area contributed by atoms with Crippen LogP contribution in [0.1, 0.15) is 50.8 Å². The first kappa shape index (κ1) is 30.4. The average Bonchev–Trinajstić information content (AvgIpc) is 2.80. The van der Waals surface area contributed by atoms with Gasteiger partial charge in [-0.1, -0.05) is 45.9 Å². The van der Waals surface area contributed by atoms with Crippen LogP contribution in [0.4, 0.5) is 4.39 Å². The van der Waals surface area contributed by atoms with E-state index in [4.69, 9.17) is 0 Å². The second-order valence-electron chi connectivity index (χ2n) is 10.8. The molecule has 8 heteroatoms. The van der Waals surface area contributed by atoms with Gasteiger partial charge in [0.15, 0.2) is 0 Å². The molecule has 2 aliphatic rings. The first-order valence-electron chi connectivity index (χ1n) is 12.5. The third-order valence-electron chi connectivity index (χ3n) is 8.11. The number of hydrogen-bond acceptors (Lipinski definition) is 4. The zero-order valence-electron chi connectivity index (χ0n) is 21.6. The maximum absolute atomic E-state index is 13.9. The van der Waals surface area contributed by atoms with Crippen LogP contribution in [0.2, 0.25) is 0 Å². The summed E-state index contributed by atoms with van der Waals surface area (Å²) in [7, 11) is 0. The van der Waals surface area contributed by atoms with E-state index < -0.39 is 0 Å². The molecule has 0 aromatic heterocycles. The lowest BCUT2D eigenvalue weighted by Crippen LogP contribution is -2.56. The van der Waals surface area contributed by atoms with Crippen LogP contribution in [-0.2, 0) is 23.2 Å². The highest BCUT2D eigenvalue weighted by atomic mass is 35.5. The summed E-state index contributed by atoms with van der Waals surface area (Å²) in [5.41, 5.74) is 3.18. The molecule has 2 aromatic rings. The Morgan fingerprint density at radius 2 is 1.97 bits per heavy atom. The maximum atomic E-state index is 13.9. The third kappa shape index (κ3) is 6.71. The average molecular weight is 541 g/mol. The number of nitrogens with zero attached hydrogens (tertiary/aromatic N) is 1. The van der Waals surface area contributed by atoms with Gasteiger partial charge >= 0.3 is 0 Å². The van der Waals surface area contributed by atoms with Gasteiger partial charge in [0.1, 0.15) is 11.6 Å². The van der Waals surface area contributed by atoms with E-state index in [9.17, 15) is 14.3 Å². The first-order chi connectivity index (χ1) is 16.2. The van der Waals surface area contributed by atoms with Crippen molar-refractivity contribution in [2.75, 3.05) is 19.6 Å². The number of nitrogens with one attached hydrogen (secondary N) is 2. The van der Waals surface area contributed by atoms with E-state index in [2.05, 4.69) is 43.2 Å². The summed E-state index contributed by atoms with van der Waals surface area (Å²) in [4.78, 5) is 15.6. The number of aromatic hydroxyl groups is 1. The Morgan fingerprint density at radius 1 is 1.22 bits per heavy atom. The maximum Gasteiger partial charge on any atom is 0.237 e. The lowest BCUT2D eigenvalue weighted by Gasteiger charge is -2.46. The number of carbonyl (C=O) groups is 1. The lowest BCUT2D eigenvalue weighted by molar-refractivity contribution is -0.124. The minimum atomic E-state index is -0.269. The van der Waals surface area contributed by atoms with Gasteiger partial charge < -0.3 is 20.6 Å². The number of piperidine rings is 1. The van der Waals surface area contributed by atoms with Crippen molar-refractivity contribution in [3.8, 4) is 5.75 Å². The molecule has 0 radical (unpaired) electrons. The molecule has 3 N–H and O–H groups in total. The predicted octanol–water partition coefficient (Wildman–Crippen LogP) is 4.83. The highest BCUT2D eigenvalue weighted by Crippen LogP contribution is 2.39. The molecule has 1 fully saturated rings. The van der Waals surface area contributed by atoms with Crippen LogP contribution in [0.5, 0.6) is 5.75 Å². The number of fused-ring (bicyclic) bond motifs is 1. The Bertz CT molecular complexity index is 1040. The minimum Gasteiger partial charge on any atom is -0.508 e. The molecular weight excluding hydrogens is 500 g/mol. The highest BCUT2D eigenvalue weighted by Gasteiger charge is 2.39. The van der Waals surface area contributed by atoms with Gasteiger partial charge in [0.25, 0.3) is 0 Å². The van der Waals surface area contributed by atoms with E-state index in [1.54, 1.807) is 24.3 Å². The fourth-order valence-electron chi connectivity index (χ4n) is 5.43. The van der Waals surface area contributed by atoms with Crippen molar-refractivity contribution in [2.24, 2.45) is 11.8 Å².